The Bertz CT molecular complexity index is 546. The molecule has 0 aliphatic rings. The predicted molar refractivity (Wildman–Crippen MR) is 65.1 cm³/mol. The SMILES string of the molecule is O=C(CCCn1cc(C(F)(F)F)cn1)c1cccs1. The van der Waals surface area contributed by atoms with Crippen LogP contribution in [0.2, 0.25) is 0 Å². The number of ketones is 1. The molecule has 0 spiro atoms. The van der Waals surface area contributed by atoms with E-state index in [1.165, 1.54) is 16.0 Å². The Morgan fingerprint density at radius 3 is 2.79 bits per heavy atom. The van der Waals surface area contributed by atoms with Crippen molar-refractivity contribution in [2.45, 2.75) is 25.6 Å². The van der Waals surface area contributed by atoms with Crippen LogP contribution in [0.5, 0.6) is 0 Å². The molecule has 0 saturated heterocycles. The van der Waals surface area contributed by atoms with E-state index in [1.807, 2.05) is 5.38 Å². The van der Waals surface area contributed by atoms with E-state index >= 15 is 0 Å². The number of alkyl halides is 3. The number of carbonyl (C=O) groups excluding carboxylic acids is 1. The molecule has 102 valence electrons. The maximum atomic E-state index is 12.3. The highest BCUT2D eigenvalue weighted by Gasteiger charge is 2.32. The van der Waals surface area contributed by atoms with E-state index < -0.39 is 11.7 Å². The summed E-state index contributed by atoms with van der Waals surface area (Å²) in [6.07, 6.45) is -1.85. The molecule has 0 amide bonds. The lowest BCUT2D eigenvalue weighted by atomic mass is 10.2. The summed E-state index contributed by atoms with van der Waals surface area (Å²) in [7, 11) is 0. The van der Waals surface area contributed by atoms with Crippen LogP contribution in [-0.2, 0) is 12.7 Å². The number of aryl methyl sites for hydroxylation is 1. The standard InChI is InChI=1S/C12H11F3N2OS/c13-12(14,15)9-7-16-17(8-9)5-1-3-10(18)11-4-2-6-19-11/h2,4,6-8H,1,3,5H2. The van der Waals surface area contributed by atoms with Gasteiger partial charge >= 0.3 is 6.18 Å². The van der Waals surface area contributed by atoms with Crippen LogP contribution >= 0.6 is 11.3 Å². The fraction of sp³-hybridized carbons (Fsp3) is 0.333. The van der Waals surface area contributed by atoms with Gasteiger partial charge in [0.25, 0.3) is 0 Å². The molecular formula is C12H11F3N2OS. The van der Waals surface area contributed by atoms with E-state index in [2.05, 4.69) is 5.10 Å². The van der Waals surface area contributed by atoms with Crippen molar-refractivity contribution < 1.29 is 18.0 Å². The monoisotopic (exact) mass is 288 g/mol. The molecule has 0 radical (unpaired) electrons. The number of carbonyl (C=O) groups is 1. The quantitative estimate of drug-likeness (QED) is 0.787. The van der Waals surface area contributed by atoms with Crippen molar-refractivity contribution in [3.63, 3.8) is 0 Å². The average molecular weight is 288 g/mol. The largest absolute Gasteiger partial charge is 0.419 e. The molecule has 19 heavy (non-hydrogen) atoms. The Kier molecular flexibility index (Phi) is 4.04. The summed E-state index contributed by atoms with van der Waals surface area (Å²) < 4.78 is 38.2. The minimum atomic E-state index is -4.37. The van der Waals surface area contributed by atoms with Gasteiger partial charge in [0.15, 0.2) is 5.78 Å². The third-order valence-corrected chi connectivity index (χ3v) is 3.46. The topological polar surface area (TPSA) is 34.9 Å². The van der Waals surface area contributed by atoms with Crippen LogP contribution in [0.1, 0.15) is 28.1 Å². The first kappa shape index (κ1) is 13.8. The van der Waals surface area contributed by atoms with Crippen molar-refractivity contribution in [1.82, 2.24) is 9.78 Å². The Morgan fingerprint density at radius 2 is 2.21 bits per heavy atom. The summed E-state index contributed by atoms with van der Waals surface area (Å²) in [4.78, 5) is 12.3. The van der Waals surface area contributed by atoms with Gasteiger partial charge in [-0.1, -0.05) is 6.07 Å². The molecule has 0 N–H and O–H groups in total. The lowest BCUT2D eigenvalue weighted by Crippen LogP contribution is -2.04. The molecule has 0 saturated carbocycles. The van der Waals surface area contributed by atoms with Crippen molar-refractivity contribution in [2.75, 3.05) is 0 Å². The second kappa shape index (κ2) is 5.56. The Hall–Kier alpha value is -1.63. The van der Waals surface area contributed by atoms with Crippen LogP contribution in [-0.4, -0.2) is 15.6 Å². The van der Waals surface area contributed by atoms with Crippen LogP contribution in [0.4, 0.5) is 13.2 Å². The number of nitrogens with zero attached hydrogens (tertiary/aromatic N) is 2. The summed E-state index contributed by atoms with van der Waals surface area (Å²) in [6, 6.07) is 3.53. The zero-order valence-electron chi connectivity index (χ0n) is 9.85. The summed E-state index contributed by atoms with van der Waals surface area (Å²) in [6.45, 7) is 0.299. The molecule has 0 aromatic carbocycles. The molecular weight excluding hydrogens is 277 g/mol. The minimum absolute atomic E-state index is 0.0122. The van der Waals surface area contributed by atoms with Crippen LogP contribution in [0.3, 0.4) is 0 Å². The predicted octanol–water partition coefficient (Wildman–Crippen LogP) is 3.63. The van der Waals surface area contributed by atoms with Crippen LogP contribution in [0.25, 0.3) is 0 Å². The highest BCUT2D eigenvalue weighted by Crippen LogP contribution is 2.28. The van der Waals surface area contributed by atoms with Gasteiger partial charge in [-0.3, -0.25) is 9.48 Å². The number of rotatable bonds is 5. The molecule has 0 aliphatic carbocycles. The Morgan fingerprint density at radius 1 is 1.42 bits per heavy atom. The van der Waals surface area contributed by atoms with E-state index in [0.717, 1.165) is 12.4 Å². The zero-order valence-corrected chi connectivity index (χ0v) is 10.7. The molecule has 2 aromatic heterocycles. The van der Waals surface area contributed by atoms with Gasteiger partial charge in [-0.15, -0.1) is 11.3 Å². The summed E-state index contributed by atoms with van der Waals surface area (Å²) in [5.41, 5.74) is -0.767. The van der Waals surface area contributed by atoms with Gasteiger partial charge in [-0.05, 0) is 17.9 Å². The first-order valence-corrected chi connectivity index (χ1v) is 6.51. The maximum Gasteiger partial charge on any atom is 0.419 e. The van der Waals surface area contributed by atoms with Crippen molar-refractivity contribution in [3.05, 3.63) is 40.3 Å². The lowest BCUT2D eigenvalue weighted by Gasteiger charge is -2.02. The van der Waals surface area contributed by atoms with Crippen molar-refractivity contribution in [1.29, 1.82) is 0 Å². The summed E-state index contributed by atoms with van der Waals surface area (Å²) >= 11 is 1.36. The number of halogens is 3. The maximum absolute atomic E-state index is 12.3. The molecule has 7 heteroatoms. The smallest absolute Gasteiger partial charge is 0.293 e. The molecule has 2 rings (SSSR count). The number of hydrogen-bond donors (Lipinski definition) is 0. The Labute approximate surface area is 111 Å². The fourth-order valence-electron chi connectivity index (χ4n) is 1.59. The Balaban J connectivity index is 1.83. The van der Waals surface area contributed by atoms with E-state index in [-0.39, 0.29) is 5.78 Å². The highest BCUT2D eigenvalue weighted by atomic mass is 32.1. The number of hydrogen-bond acceptors (Lipinski definition) is 3. The van der Waals surface area contributed by atoms with Crippen molar-refractivity contribution in [3.8, 4) is 0 Å². The molecule has 0 unspecified atom stereocenters. The van der Waals surface area contributed by atoms with Crippen molar-refractivity contribution in [2.24, 2.45) is 0 Å². The van der Waals surface area contributed by atoms with Crippen molar-refractivity contribution >= 4 is 17.1 Å². The first-order valence-electron chi connectivity index (χ1n) is 5.63. The lowest BCUT2D eigenvalue weighted by molar-refractivity contribution is -0.137. The molecule has 0 atom stereocenters. The van der Waals surface area contributed by atoms with Crippen LogP contribution in [0, 0.1) is 0 Å². The normalized spacial score (nSPS) is 11.7. The second-order valence-electron chi connectivity index (χ2n) is 3.99. The van der Waals surface area contributed by atoms with Gasteiger partial charge in [0, 0.05) is 19.2 Å². The van der Waals surface area contributed by atoms with E-state index in [9.17, 15) is 18.0 Å². The first-order chi connectivity index (χ1) is 8.97. The van der Waals surface area contributed by atoms with Crippen LogP contribution in [0.15, 0.2) is 29.9 Å². The molecule has 2 aromatic rings. The molecule has 0 aliphatic heterocycles. The fourth-order valence-corrected chi connectivity index (χ4v) is 2.29. The minimum Gasteiger partial charge on any atom is -0.293 e. The second-order valence-corrected chi connectivity index (χ2v) is 4.94. The number of Topliss-reactive ketones (excluding diaryl/α,β-unsaturated/α-hetero) is 1. The number of thiophene rings is 1. The van der Waals surface area contributed by atoms with Gasteiger partial charge in [0.1, 0.15) is 0 Å². The third-order valence-electron chi connectivity index (χ3n) is 2.55. The average Bonchev–Trinajstić information content (AvgIpc) is 2.99. The van der Waals surface area contributed by atoms with Gasteiger partial charge < -0.3 is 0 Å². The molecule has 3 nitrogen and oxygen atoms in total. The van der Waals surface area contributed by atoms with Gasteiger partial charge in [0.05, 0.1) is 16.6 Å². The molecule has 2 heterocycles. The van der Waals surface area contributed by atoms with Gasteiger partial charge in [-0.25, -0.2) is 0 Å². The summed E-state index contributed by atoms with van der Waals surface area (Å²) in [5.74, 6) is 0.0122. The zero-order chi connectivity index (χ0) is 13.9. The third kappa shape index (κ3) is 3.66. The highest BCUT2D eigenvalue weighted by molar-refractivity contribution is 7.12. The number of aromatic nitrogens is 2. The van der Waals surface area contributed by atoms with Crippen LogP contribution < -0.4 is 0 Å². The van der Waals surface area contributed by atoms with Gasteiger partial charge in [0.2, 0.25) is 0 Å². The summed E-state index contributed by atoms with van der Waals surface area (Å²) in [5, 5.41) is 5.45. The molecule has 0 fully saturated rings. The van der Waals surface area contributed by atoms with Gasteiger partial charge in [-0.2, -0.15) is 18.3 Å². The van der Waals surface area contributed by atoms with E-state index in [1.54, 1.807) is 12.1 Å². The molecule has 0 bridgehead atoms. The van der Waals surface area contributed by atoms with E-state index in [0.29, 0.717) is 24.3 Å². The van der Waals surface area contributed by atoms with E-state index in [4.69, 9.17) is 0 Å².